The highest BCUT2D eigenvalue weighted by molar-refractivity contribution is 5.75. The Morgan fingerprint density at radius 2 is 1.81 bits per heavy atom. The van der Waals surface area contributed by atoms with Gasteiger partial charge in [-0.05, 0) is 42.8 Å². The Morgan fingerprint density at radius 3 is 2.65 bits per heavy atom. The van der Waals surface area contributed by atoms with Gasteiger partial charge in [-0.2, -0.15) is 0 Å². The first-order valence-electron chi connectivity index (χ1n) is 8.48. The van der Waals surface area contributed by atoms with Crippen LogP contribution in [0.5, 0.6) is 0 Å². The minimum Gasteiger partial charge on any atom is -0.356 e. The molecule has 0 unspecified atom stereocenters. The monoisotopic (exact) mass is 346 g/mol. The highest BCUT2D eigenvalue weighted by atomic mass is 19.1. The Bertz CT molecular complexity index is 1090. The normalized spacial score (nSPS) is 13.8. The van der Waals surface area contributed by atoms with Crippen LogP contribution in [0.25, 0.3) is 22.4 Å². The smallest absolute Gasteiger partial charge is 0.170 e. The van der Waals surface area contributed by atoms with Gasteiger partial charge in [0.15, 0.2) is 5.76 Å². The van der Waals surface area contributed by atoms with Gasteiger partial charge in [0.2, 0.25) is 0 Å². The maximum Gasteiger partial charge on any atom is 0.170 e. The largest absolute Gasteiger partial charge is 0.356 e. The Balaban J connectivity index is 1.46. The zero-order valence-electron chi connectivity index (χ0n) is 13.9. The molecule has 0 saturated heterocycles. The van der Waals surface area contributed by atoms with E-state index in [0.717, 1.165) is 52.4 Å². The zero-order chi connectivity index (χ0) is 17.5. The van der Waals surface area contributed by atoms with Crippen LogP contribution in [0.1, 0.15) is 11.3 Å². The molecule has 128 valence electrons. The van der Waals surface area contributed by atoms with Crippen molar-refractivity contribution >= 4 is 16.9 Å². The predicted octanol–water partition coefficient (Wildman–Crippen LogP) is 3.99. The van der Waals surface area contributed by atoms with E-state index in [0.29, 0.717) is 6.54 Å². The predicted molar refractivity (Wildman–Crippen MR) is 96.2 cm³/mol. The van der Waals surface area contributed by atoms with Crippen LogP contribution < -0.4 is 4.90 Å². The summed E-state index contributed by atoms with van der Waals surface area (Å²) in [5.41, 5.74) is 4.59. The second-order valence-electron chi connectivity index (χ2n) is 6.33. The molecule has 1 aliphatic heterocycles. The van der Waals surface area contributed by atoms with Crippen molar-refractivity contribution in [2.75, 3.05) is 11.4 Å². The molecular weight excluding hydrogens is 331 g/mol. The number of nitrogens with zero attached hydrogens (tertiary/aromatic N) is 4. The molecule has 0 amide bonds. The first-order chi connectivity index (χ1) is 12.8. The molecule has 4 aromatic rings. The third kappa shape index (κ3) is 2.50. The summed E-state index contributed by atoms with van der Waals surface area (Å²) in [5, 5.41) is 4.23. The summed E-state index contributed by atoms with van der Waals surface area (Å²) in [5.74, 6) is 1.30. The molecule has 0 fully saturated rings. The lowest BCUT2D eigenvalue weighted by molar-refractivity contribution is 0.423. The lowest BCUT2D eigenvalue weighted by Crippen LogP contribution is -2.31. The van der Waals surface area contributed by atoms with Crippen LogP contribution in [0, 0.1) is 5.82 Å². The number of benzene rings is 2. The fourth-order valence-corrected chi connectivity index (χ4v) is 3.35. The molecule has 0 spiro atoms. The summed E-state index contributed by atoms with van der Waals surface area (Å²) < 4.78 is 18.7. The Morgan fingerprint density at radius 1 is 1.00 bits per heavy atom. The van der Waals surface area contributed by atoms with Gasteiger partial charge in [-0.3, -0.25) is 4.98 Å². The lowest BCUT2D eigenvalue weighted by Gasteiger charge is -2.26. The number of hydrogen-bond donors (Lipinski definition) is 0. The van der Waals surface area contributed by atoms with Gasteiger partial charge in [0.05, 0.1) is 23.8 Å². The quantitative estimate of drug-likeness (QED) is 0.549. The lowest BCUT2D eigenvalue weighted by atomic mass is 10.0. The van der Waals surface area contributed by atoms with Gasteiger partial charge in [0, 0.05) is 17.7 Å². The average molecular weight is 346 g/mol. The summed E-state index contributed by atoms with van der Waals surface area (Å²) in [7, 11) is 0. The number of fused-ring (bicyclic) bond motifs is 2. The third-order valence-electron chi connectivity index (χ3n) is 4.71. The number of anilines is 1. The van der Waals surface area contributed by atoms with E-state index in [1.807, 2.05) is 24.3 Å². The van der Waals surface area contributed by atoms with E-state index in [1.54, 1.807) is 18.3 Å². The van der Waals surface area contributed by atoms with Crippen molar-refractivity contribution in [2.45, 2.75) is 13.0 Å². The van der Waals surface area contributed by atoms with Gasteiger partial charge < -0.3 is 9.42 Å². The van der Waals surface area contributed by atoms with E-state index in [-0.39, 0.29) is 5.82 Å². The van der Waals surface area contributed by atoms with Crippen LogP contribution in [-0.4, -0.2) is 21.7 Å². The van der Waals surface area contributed by atoms with E-state index in [2.05, 4.69) is 15.0 Å². The summed E-state index contributed by atoms with van der Waals surface area (Å²) in [4.78, 5) is 11.4. The van der Waals surface area contributed by atoms with E-state index >= 15 is 0 Å². The van der Waals surface area contributed by atoms with Crippen molar-refractivity contribution in [1.29, 1.82) is 0 Å². The minimum atomic E-state index is -0.261. The first kappa shape index (κ1) is 15.0. The second-order valence-corrected chi connectivity index (χ2v) is 6.33. The Labute approximate surface area is 149 Å². The van der Waals surface area contributed by atoms with Crippen molar-refractivity contribution in [3.05, 3.63) is 71.8 Å². The van der Waals surface area contributed by atoms with Crippen LogP contribution >= 0.6 is 0 Å². The molecule has 0 aliphatic carbocycles. The van der Waals surface area contributed by atoms with E-state index in [4.69, 9.17) is 9.51 Å². The van der Waals surface area contributed by atoms with Crippen LogP contribution in [0.2, 0.25) is 0 Å². The summed E-state index contributed by atoms with van der Waals surface area (Å²) >= 11 is 0. The molecule has 26 heavy (non-hydrogen) atoms. The van der Waals surface area contributed by atoms with E-state index in [9.17, 15) is 4.39 Å². The molecule has 2 aromatic heterocycles. The fraction of sp³-hybridized carbons (Fsp3) is 0.150. The zero-order valence-corrected chi connectivity index (χ0v) is 13.9. The summed E-state index contributed by atoms with van der Waals surface area (Å²) in [6, 6.07) is 14.1. The van der Waals surface area contributed by atoms with Crippen molar-refractivity contribution in [3.63, 3.8) is 0 Å². The Hall–Kier alpha value is -3.28. The van der Waals surface area contributed by atoms with Crippen molar-refractivity contribution < 1.29 is 8.91 Å². The van der Waals surface area contributed by atoms with Crippen LogP contribution in [0.4, 0.5) is 10.2 Å². The molecule has 5 nitrogen and oxygen atoms in total. The average Bonchev–Trinajstić information content (AvgIpc) is 3.11. The molecule has 5 rings (SSSR count). The van der Waals surface area contributed by atoms with Crippen LogP contribution in [0.15, 0.2) is 59.3 Å². The van der Waals surface area contributed by atoms with Crippen LogP contribution in [-0.2, 0) is 13.0 Å². The number of aromatic nitrogens is 3. The van der Waals surface area contributed by atoms with Gasteiger partial charge >= 0.3 is 0 Å². The Kier molecular flexibility index (Phi) is 3.41. The highest BCUT2D eigenvalue weighted by Crippen LogP contribution is 2.31. The van der Waals surface area contributed by atoms with E-state index in [1.165, 1.54) is 12.1 Å². The van der Waals surface area contributed by atoms with Crippen molar-refractivity contribution in [2.24, 2.45) is 0 Å². The van der Waals surface area contributed by atoms with Crippen LogP contribution in [0.3, 0.4) is 0 Å². The molecule has 1 aliphatic rings. The maximum atomic E-state index is 13.2. The fourth-order valence-electron chi connectivity index (χ4n) is 3.35. The molecule has 6 heteroatoms. The standard InChI is InChI=1S/C20H15FN4O/c21-14-7-5-13(6-8-14)20-15-9-10-25(12-18(15)24-26-20)19-11-22-16-3-1-2-4-17(16)23-19/h1-8,11H,9-10,12H2. The van der Waals surface area contributed by atoms with Gasteiger partial charge in [-0.25, -0.2) is 9.37 Å². The highest BCUT2D eigenvalue weighted by Gasteiger charge is 2.25. The second kappa shape index (κ2) is 5.91. The number of para-hydroxylation sites is 2. The van der Waals surface area contributed by atoms with Gasteiger partial charge in [-0.15, -0.1) is 0 Å². The number of halogens is 1. The van der Waals surface area contributed by atoms with Gasteiger partial charge in [0.1, 0.15) is 17.3 Å². The number of hydrogen-bond acceptors (Lipinski definition) is 5. The molecular formula is C20H15FN4O. The number of rotatable bonds is 2. The van der Waals surface area contributed by atoms with Crippen molar-refractivity contribution in [3.8, 4) is 11.3 Å². The van der Waals surface area contributed by atoms with E-state index < -0.39 is 0 Å². The van der Waals surface area contributed by atoms with Gasteiger partial charge in [-0.1, -0.05) is 17.3 Å². The third-order valence-corrected chi connectivity index (χ3v) is 4.71. The first-order valence-corrected chi connectivity index (χ1v) is 8.48. The SMILES string of the molecule is Fc1ccc(-c2onc3c2CCN(c2cnc4ccccc4n2)C3)cc1. The minimum absolute atomic E-state index is 0.261. The molecule has 0 atom stereocenters. The molecule has 0 saturated carbocycles. The summed E-state index contributed by atoms with van der Waals surface area (Å²) in [6.45, 7) is 1.42. The van der Waals surface area contributed by atoms with Crippen molar-refractivity contribution in [1.82, 2.24) is 15.1 Å². The molecule has 0 bridgehead atoms. The summed E-state index contributed by atoms with van der Waals surface area (Å²) in [6.07, 6.45) is 2.59. The molecule has 0 N–H and O–H groups in total. The topological polar surface area (TPSA) is 55.1 Å². The molecule has 0 radical (unpaired) electrons. The molecule has 3 heterocycles. The van der Waals surface area contributed by atoms with Gasteiger partial charge in [0.25, 0.3) is 0 Å². The maximum absolute atomic E-state index is 13.2. The molecule has 2 aromatic carbocycles.